The average Bonchev–Trinajstić information content (AvgIpc) is 2.65. The largest absolute Gasteiger partial charge is 0.179 e. The lowest BCUT2D eigenvalue weighted by Gasteiger charge is -2.46. The van der Waals surface area contributed by atoms with E-state index >= 15 is 0 Å². The molecule has 0 bridgehead atoms. The molecule has 27 heavy (non-hydrogen) atoms. The van der Waals surface area contributed by atoms with Crippen molar-refractivity contribution in [2.75, 3.05) is 28.8 Å². The molecule has 0 amide bonds. The standard InChI is InChI=1S/C20H42S7/c1-15(8-10-22)11-17(26)18(20(12-23,13-24)14-25)19(27)16(2)7-5-3-4-6-9-21/h15-19,21-27H,3-14H2,1-2H3. The van der Waals surface area contributed by atoms with Crippen LogP contribution in [0.25, 0.3) is 0 Å². The lowest BCUT2D eigenvalue weighted by molar-refractivity contribution is 0.205. The van der Waals surface area contributed by atoms with Gasteiger partial charge in [0.2, 0.25) is 0 Å². The Morgan fingerprint density at radius 3 is 1.74 bits per heavy atom. The van der Waals surface area contributed by atoms with Crippen LogP contribution in [-0.2, 0) is 0 Å². The van der Waals surface area contributed by atoms with Gasteiger partial charge in [-0.1, -0.05) is 33.1 Å². The van der Waals surface area contributed by atoms with E-state index in [0.29, 0.717) is 17.8 Å². The van der Waals surface area contributed by atoms with Gasteiger partial charge >= 0.3 is 0 Å². The zero-order valence-electron chi connectivity index (χ0n) is 17.0. The number of unbranched alkanes of at least 4 members (excludes halogenated alkanes) is 3. The van der Waals surface area contributed by atoms with E-state index in [1.807, 2.05) is 0 Å². The second kappa shape index (κ2) is 17.1. The van der Waals surface area contributed by atoms with Crippen LogP contribution in [0.3, 0.4) is 0 Å². The van der Waals surface area contributed by atoms with Crippen molar-refractivity contribution in [3.8, 4) is 0 Å². The third-order valence-electron chi connectivity index (χ3n) is 5.85. The van der Waals surface area contributed by atoms with Crippen molar-refractivity contribution in [1.29, 1.82) is 0 Å². The van der Waals surface area contributed by atoms with Gasteiger partial charge in [-0.25, -0.2) is 0 Å². The normalized spacial score (nSPS) is 18.1. The molecular formula is C20H42S7. The fourth-order valence-corrected chi connectivity index (χ4v) is 7.98. The number of rotatable bonds is 17. The van der Waals surface area contributed by atoms with Crippen LogP contribution in [0.4, 0.5) is 0 Å². The fraction of sp³-hybridized carbons (Fsp3) is 1.00. The van der Waals surface area contributed by atoms with Crippen LogP contribution in [0.1, 0.15) is 58.8 Å². The predicted octanol–water partition coefficient (Wildman–Crippen LogP) is 6.84. The highest BCUT2D eigenvalue weighted by Crippen LogP contribution is 2.45. The molecular weight excluding hydrogens is 465 g/mol. The smallest absolute Gasteiger partial charge is 0.00873 e. The molecule has 0 radical (unpaired) electrons. The van der Waals surface area contributed by atoms with Crippen LogP contribution in [0.2, 0.25) is 0 Å². The van der Waals surface area contributed by atoms with E-state index in [1.54, 1.807) is 0 Å². The van der Waals surface area contributed by atoms with Crippen molar-refractivity contribution in [3.05, 3.63) is 0 Å². The Hall–Kier alpha value is 2.45. The first-order valence-corrected chi connectivity index (χ1v) is 14.4. The maximum Gasteiger partial charge on any atom is 0.00873 e. The molecule has 0 rings (SSSR count). The molecule has 0 fully saturated rings. The summed E-state index contributed by atoms with van der Waals surface area (Å²) in [4.78, 5) is 0. The molecule has 0 nitrogen and oxygen atoms in total. The lowest BCUT2D eigenvalue weighted by atomic mass is 9.71. The van der Waals surface area contributed by atoms with Crippen LogP contribution < -0.4 is 0 Å². The van der Waals surface area contributed by atoms with Gasteiger partial charge in [0.25, 0.3) is 0 Å². The van der Waals surface area contributed by atoms with Crippen molar-refractivity contribution in [2.45, 2.75) is 69.3 Å². The van der Waals surface area contributed by atoms with Crippen molar-refractivity contribution in [2.24, 2.45) is 23.2 Å². The summed E-state index contributed by atoms with van der Waals surface area (Å²) in [5, 5.41) is 0.562. The molecule has 0 aromatic heterocycles. The molecule has 164 valence electrons. The summed E-state index contributed by atoms with van der Waals surface area (Å²) in [6.45, 7) is 4.65. The van der Waals surface area contributed by atoms with Gasteiger partial charge in [0, 0.05) is 15.9 Å². The van der Waals surface area contributed by atoms with E-state index in [-0.39, 0.29) is 15.9 Å². The maximum absolute atomic E-state index is 5.15. The first-order valence-electron chi connectivity index (χ1n) is 10.2. The molecule has 0 aromatic rings. The molecule has 0 aliphatic carbocycles. The molecule has 5 unspecified atom stereocenters. The summed E-state index contributed by atoms with van der Waals surface area (Å²) in [7, 11) is 0. The predicted molar refractivity (Wildman–Crippen MR) is 151 cm³/mol. The Bertz CT molecular complexity index is 341. The van der Waals surface area contributed by atoms with Gasteiger partial charge in [-0.2, -0.15) is 88.4 Å². The Balaban J connectivity index is 5.20. The van der Waals surface area contributed by atoms with Gasteiger partial charge in [0.15, 0.2) is 0 Å². The maximum atomic E-state index is 5.15. The number of hydrogen-bond donors (Lipinski definition) is 7. The summed E-state index contributed by atoms with van der Waals surface area (Å²) in [5.74, 6) is 5.73. The quantitative estimate of drug-likeness (QED) is 0.0815. The van der Waals surface area contributed by atoms with Crippen LogP contribution in [0, 0.1) is 23.2 Å². The molecule has 0 heterocycles. The molecule has 0 aliphatic heterocycles. The van der Waals surface area contributed by atoms with Gasteiger partial charge in [-0.05, 0) is 72.2 Å². The van der Waals surface area contributed by atoms with E-state index < -0.39 is 0 Å². The molecule has 0 aliphatic rings. The van der Waals surface area contributed by atoms with Gasteiger partial charge in [-0.15, -0.1) is 0 Å². The topological polar surface area (TPSA) is 0 Å². The van der Waals surface area contributed by atoms with E-state index in [9.17, 15) is 0 Å². The van der Waals surface area contributed by atoms with Crippen LogP contribution in [0.15, 0.2) is 0 Å². The summed E-state index contributed by atoms with van der Waals surface area (Å²) >= 11 is 33.1. The van der Waals surface area contributed by atoms with Gasteiger partial charge < -0.3 is 0 Å². The highest BCUT2D eigenvalue weighted by molar-refractivity contribution is 7.83. The van der Waals surface area contributed by atoms with Crippen molar-refractivity contribution < 1.29 is 0 Å². The van der Waals surface area contributed by atoms with E-state index in [1.165, 1.54) is 32.1 Å². The molecule has 5 atom stereocenters. The van der Waals surface area contributed by atoms with Gasteiger partial charge in [0.05, 0.1) is 0 Å². The van der Waals surface area contributed by atoms with E-state index in [0.717, 1.165) is 41.6 Å². The Kier molecular flexibility index (Phi) is 18.6. The fourth-order valence-electron chi connectivity index (χ4n) is 3.82. The number of thiol groups is 7. The molecule has 0 saturated carbocycles. The molecule has 0 N–H and O–H groups in total. The van der Waals surface area contributed by atoms with Gasteiger partial charge in [-0.3, -0.25) is 0 Å². The molecule has 0 saturated heterocycles. The Morgan fingerprint density at radius 2 is 1.26 bits per heavy atom. The lowest BCUT2D eigenvalue weighted by Crippen LogP contribution is -2.48. The third kappa shape index (κ3) is 10.5. The van der Waals surface area contributed by atoms with Crippen molar-refractivity contribution >= 4 is 88.4 Å². The highest BCUT2D eigenvalue weighted by Gasteiger charge is 2.44. The van der Waals surface area contributed by atoms with Gasteiger partial charge in [0.1, 0.15) is 0 Å². The van der Waals surface area contributed by atoms with Crippen molar-refractivity contribution in [3.63, 3.8) is 0 Å². The highest BCUT2D eigenvalue weighted by atomic mass is 32.1. The second-order valence-electron chi connectivity index (χ2n) is 8.18. The minimum absolute atomic E-state index is 0.0465. The minimum Gasteiger partial charge on any atom is -0.179 e. The summed E-state index contributed by atoms with van der Waals surface area (Å²) in [6.07, 6.45) is 8.47. The summed E-state index contributed by atoms with van der Waals surface area (Å²) in [6, 6.07) is 0. The second-order valence-corrected chi connectivity index (χ2v) is 11.3. The van der Waals surface area contributed by atoms with Crippen molar-refractivity contribution in [1.82, 2.24) is 0 Å². The van der Waals surface area contributed by atoms with E-state index in [2.05, 4.69) is 39.1 Å². The Labute approximate surface area is 208 Å². The monoisotopic (exact) mass is 506 g/mol. The SMILES string of the molecule is CC(CCS)CC(S)C(C(S)C(C)CCCCCCS)C(CS)(CS)CS. The number of hydrogen-bond acceptors (Lipinski definition) is 7. The van der Waals surface area contributed by atoms with Crippen LogP contribution in [0.5, 0.6) is 0 Å². The first kappa shape index (κ1) is 29.5. The Morgan fingerprint density at radius 1 is 0.704 bits per heavy atom. The minimum atomic E-state index is -0.0465. The summed E-state index contributed by atoms with van der Waals surface area (Å²) < 4.78 is 0. The van der Waals surface area contributed by atoms with Crippen LogP contribution >= 0.6 is 88.4 Å². The average molecular weight is 507 g/mol. The zero-order valence-corrected chi connectivity index (χ0v) is 23.3. The van der Waals surface area contributed by atoms with Crippen LogP contribution in [-0.4, -0.2) is 39.3 Å². The molecule has 0 spiro atoms. The van der Waals surface area contributed by atoms with E-state index in [4.69, 9.17) is 63.1 Å². The molecule has 0 aromatic carbocycles. The third-order valence-corrected chi connectivity index (χ3v) is 9.68. The molecule has 7 heteroatoms. The zero-order chi connectivity index (χ0) is 20.9. The first-order chi connectivity index (χ1) is 12.8. The summed E-state index contributed by atoms with van der Waals surface area (Å²) in [5.41, 5.74) is -0.0465.